The third-order valence-electron chi connectivity index (χ3n) is 8.87. The second-order valence-corrected chi connectivity index (χ2v) is 10.4. The van der Waals surface area contributed by atoms with E-state index < -0.39 is 6.61 Å². The summed E-state index contributed by atoms with van der Waals surface area (Å²) in [6.07, 6.45) is 7.96. The lowest BCUT2D eigenvalue weighted by atomic mass is 9.53. The number of aliphatic hydroxyl groups is 2. The number of fused-ring (bicyclic) bond motifs is 4. The fourth-order valence-electron chi connectivity index (χ4n) is 7.11. The van der Waals surface area contributed by atoms with Gasteiger partial charge in [-0.3, -0.25) is 9.59 Å². The van der Waals surface area contributed by atoms with Gasteiger partial charge in [0.25, 0.3) is 5.91 Å². The Balaban J connectivity index is 1.58. The fraction of sp³-hybridized carbons (Fsp3) is 0.556. The summed E-state index contributed by atoms with van der Waals surface area (Å²) < 4.78 is 0. The molecular weight excluding hydrogens is 402 g/mol. The molecule has 5 unspecified atom stereocenters. The van der Waals surface area contributed by atoms with E-state index in [0.717, 1.165) is 44.2 Å². The van der Waals surface area contributed by atoms with Crippen LogP contribution >= 0.6 is 0 Å². The molecule has 5 atom stereocenters. The van der Waals surface area contributed by atoms with E-state index in [-0.39, 0.29) is 29.1 Å². The molecule has 2 N–H and O–H groups in total. The van der Waals surface area contributed by atoms with E-state index in [1.807, 2.05) is 18.2 Å². The summed E-state index contributed by atoms with van der Waals surface area (Å²) in [6, 6.07) is 8.10. The minimum Gasteiger partial charge on any atom is -0.393 e. The van der Waals surface area contributed by atoms with Crippen molar-refractivity contribution in [3.05, 3.63) is 52.6 Å². The van der Waals surface area contributed by atoms with Crippen LogP contribution < -0.4 is 4.90 Å². The monoisotopic (exact) mass is 435 g/mol. The standard InChI is InChI=1S/C27H33NO4/c1-27-14-22(16-3-6-18(7-4-16)28(2)25(32)15-29)26-20-10-8-19(30)13-17(20)5-9-21(26)23(27)11-12-24(27)31/h3-4,6-7,13,21-24,29,31H,5,8-12,14-15H2,1-2H3. The van der Waals surface area contributed by atoms with Crippen LogP contribution in [0.1, 0.15) is 63.4 Å². The number of anilines is 1. The largest absolute Gasteiger partial charge is 0.393 e. The summed E-state index contributed by atoms with van der Waals surface area (Å²) in [7, 11) is 1.67. The molecule has 32 heavy (non-hydrogen) atoms. The molecule has 0 bridgehead atoms. The van der Waals surface area contributed by atoms with E-state index in [0.29, 0.717) is 18.3 Å². The molecule has 1 amide bonds. The molecule has 0 saturated heterocycles. The maximum Gasteiger partial charge on any atom is 0.252 e. The van der Waals surface area contributed by atoms with Crippen molar-refractivity contribution in [3.8, 4) is 0 Å². The van der Waals surface area contributed by atoms with E-state index in [9.17, 15) is 19.8 Å². The van der Waals surface area contributed by atoms with Crippen LogP contribution in [-0.2, 0) is 9.59 Å². The van der Waals surface area contributed by atoms with Crippen molar-refractivity contribution in [1.82, 2.24) is 0 Å². The lowest BCUT2D eigenvalue weighted by Crippen LogP contribution is -2.45. The van der Waals surface area contributed by atoms with Crippen LogP contribution in [0.5, 0.6) is 0 Å². The Morgan fingerprint density at radius 3 is 2.59 bits per heavy atom. The van der Waals surface area contributed by atoms with Gasteiger partial charge in [-0.25, -0.2) is 0 Å². The number of hydrogen-bond donors (Lipinski definition) is 2. The second kappa shape index (κ2) is 7.96. The highest BCUT2D eigenvalue weighted by Gasteiger charge is 2.56. The van der Waals surface area contributed by atoms with Crippen molar-refractivity contribution < 1.29 is 19.8 Å². The molecule has 5 nitrogen and oxygen atoms in total. The van der Waals surface area contributed by atoms with Gasteiger partial charge in [0.2, 0.25) is 0 Å². The Morgan fingerprint density at radius 2 is 1.88 bits per heavy atom. The van der Waals surface area contributed by atoms with Crippen LogP contribution in [0.4, 0.5) is 5.69 Å². The Labute approximate surface area is 189 Å². The molecule has 0 radical (unpaired) electrons. The number of allylic oxidation sites excluding steroid dienone is 4. The number of aliphatic hydroxyl groups excluding tert-OH is 2. The SMILES string of the molecule is CN(C(=O)CO)c1ccc(C2CC3(C)C(O)CCC3C3CCC4=CC(=O)CCC4=C23)cc1. The molecule has 0 aliphatic heterocycles. The molecule has 1 aromatic rings. The van der Waals surface area contributed by atoms with Gasteiger partial charge in [-0.05, 0) is 90.7 Å². The topological polar surface area (TPSA) is 77.8 Å². The zero-order valence-corrected chi connectivity index (χ0v) is 19.0. The second-order valence-electron chi connectivity index (χ2n) is 10.4. The third kappa shape index (κ3) is 3.29. The van der Waals surface area contributed by atoms with E-state index in [4.69, 9.17) is 0 Å². The summed E-state index contributed by atoms with van der Waals surface area (Å²) in [4.78, 5) is 25.5. The number of hydrogen-bond acceptors (Lipinski definition) is 4. The van der Waals surface area contributed by atoms with Crippen LogP contribution in [0, 0.1) is 17.3 Å². The van der Waals surface area contributed by atoms with Crippen molar-refractivity contribution in [2.75, 3.05) is 18.6 Å². The predicted molar refractivity (Wildman–Crippen MR) is 123 cm³/mol. The lowest BCUT2D eigenvalue weighted by molar-refractivity contribution is -0.121. The van der Waals surface area contributed by atoms with Gasteiger partial charge in [-0.1, -0.05) is 24.6 Å². The molecule has 4 aliphatic carbocycles. The minimum absolute atomic E-state index is 0.0899. The number of carbonyl (C=O) groups is 2. The molecule has 5 heteroatoms. The number of rotatable bonds is 3. The molecule has 0 aromatic heterocycles. The summed E-state index contributed by atoms with van der Waals surface area (Å²) in [5, 5.41) is 20.1. The van der Waals surface area contributed by atoms with Gasteiger partial charge in [0.1, 0.15) is 6.61 Å². The van der Waals surface area contributed by atoms with E-state index >= 15 is 0 Å². The fourth-order valence-corrected chi connectivity index (χ4v) is 7.11. The van der Waals surface area contributed by atoms with Gasteiger partial charge < -0.3 is 15.1 Å². The van der Waals surface area contributed by atoms with Crippen LogP contribution in [0.2, 0.25) is 0 Å². The molecule has 2 fully saturated rings. The van der Waals surface area contributed by atoms with E-state index in [1.165, 1.54) is 27.2 Å². The number of nitrogens with zero attached hydrogens (tertiary/aromatic N) is 1. The van der Waals surface area contributed by atoms with Crippen LogP contribution in [0.15, 0.2) is 47.1 Å². The van der Waals surface area contributed by atoms with Gasteiger partial charge in [0.05, 0.1) is 6.10 Å². The lowest BCUT2D eigenvalue weighted by Gasteiger charge is -2.52. The zero-order valence-electron chi connectivity index (χ0n) is 19.0. The third-order valence-corrected chi connectivity index (χ3v) is 8.87. The molecule has 4 aliphatic rings. The molecular formula is C27H33NO4. The first-order valence-electron chi connectivity index (χ1n) is 12.0. The summed E-state index contributed by atoms with van der Waals surface area (Å²) in [6.45, 7) is 1.77. The molecule has 0 heterocycles. The van der Waals surface area contributed by atoms with Gasteiger partial charge in [-0.15, -0.1) is 0 Å². The highest BCUT2D eigenvalue weighted by Crippen LogP contribution is 2.63. The summed E-state index contributed by atoms with van der Waals surface area (Å²) >= 11 is 0. The summed E-state index contributed by atoms with van der Waals surface area (Å²) in [5.41, 5.74) is 6.04. The van der Waals surface area contributed by atoms with Gasteiger partial charge in [-0.2, -0.15) is 0 Å². The van der Waals surface area contributed by atoms with Gasteiger partial charge in [0.15, 0.2) is 5.78 Å². The van der Waals surface area contributed by atoms with Crippen LogP contribution in [0.3, 0.4) is 0 Å². The van der Waals surface area contributed by atoms with Crippen molar-refractivity contribution in [3.63, 3.8) is 0 Å². The first-order chi connectivity index (χ1) is 15.3. The quantitative estimate of drug-likeness (QED) is 0.755. The number of ketones is 1. The first-order valence-corrected chi connectivity index (χ1v) is 12.0. The molecule has 1 aromatic carbocycles. The molecule has 5 rings (SSSR count). The Hall–Kier alpha value is -2.24. The van der Waals surface area contributed by atoms with Gasteiger partial charge in [0, 0.05) is 25.1 Å². The van der Waals surface area contributed by atoms with Gasteiger partial charge >= 0.3 is 0 Å². The Morgan fingerprint density at radius 1 is 1.12 bits per heavy atom. The number of benzene rings is 1. The molecule has 170 valence electrons. The van der Waals surface area contributed by atoms with Crippen molar-refractivity contribution in [2.24, 2.45) is 17.3 Å². The molecule has 2 saturated carbocycles. The van der Waals surface area contributed by atoms with Crippen LogP contribution in [-0.4, -0.2) is 41.7 Å². The normalized spacial score (nSPS) is 33.9. The first kappa shape index (κ1) is 21.6. The predicted octanol–water partition coefficient (Wildman–Crippen LogP) is 3.90. The molecule has 0 spiro atoms. The number of likely N-dealkylation sites (N-methyl/N-ethyl adjacent to an activating group) is 1. The zero-order chi connectivity index (χ0) is 22.6. The van der Waals surface area contributed by atoms with Crippen molar-refractivity contribution in [1.29, 1.82) is 0 Å². The number of carbonyl (C=O) groups excluding carboxylic acids is 2. The van der Waals surface area contributed by atoms with Crippen molar-refractivity contribution in [2.45, 2.75) is 63.9 Å². The minimum atomic E-state index is -0.510. The number of amides is 1. The Bertz CT molecular complexity index is 1010. The highest BCUT2D eigenvalue weighted by molar-refractivity contribution is 5.94. The smallest absolute Gasteiger partial charge is 0.252 e. The van der Waals surface area contributed by atoms with E-state index in [2.05, 4.69) is 19.1 Å². The van der Waals surface area contributed by atoms with Crippen LogP contribution in [0.25, 0.3) is 0 Å². The average molecular weight is 436 g/mol. The maximum atomic E-state index is 12.1. The van der Waals surface area contributed by atoms with E-state index in [1.54, 1.807) is 7.05 Å². The highest BCUT2D eigenvalue weighted by atomic mass is 16.3. The maximum absolute atomic E-state index is 12.1. The van der Waals surface area contributed by atoms with Crippen molar-refractivity contribution >= 4 is 17.4 Å². The Kier molecular flexibility index (Phi) is 5.37. The average Bonchev–Trinajstić information content (AvgIpc) is 3.11. The summed E-state index contributed by atoms with van der Waals surface area (Å²) in [5.74, 6) is 1.10.